The van der Waals surface area contributed by atoms with Crippen LogP contribution >= 0.6 is 11.6 Å². The summed E-state index contributed by atoms with van der Waals surface area (Å²) in [5, 5.41) is 8.85. The highest BCUT2D eigenvalue weighted by molar-refractivity contribution is 6.30. The van der Waals surface area contributed by atoms with Gasteiger partial charge >= 0.3 is 6.03 Å². The normalized spacial score (nSPS) is 10.1. The fourth-order valence-electron chi connectivity index (χ4n) is 2.01. The molecule has 0 spiro atoms. The molecule has 2 aromatic carbocycles. The third-order valence-corrected chi connectivity index (χ3v) is 3.63. The number of urea groups is 1. The summed E-state index contributed by atoms with van der Waals surface area (Å²) in [5.41, 5.74) is 2.67. The van der Waals surface area contributed by atoms with Gasteiger partial charge in [0.25, 0.3) is 5.91 Å². The van der Waals surface area contributed by atoms with Crippen LogP contribution in [0.15, 0.2) is 48.5 Å². The lowest BCUT2D eigenvalue weighted by Gasteiger charge is -2.09. The van der Waals surface area contributed by atoms with Crippen LogP contribution in [-0.2, 0) is 6.54 Å². The molecule has 0 aromatic heterocycles. The molecule has 24 heavy (non-hydrogen) atoms. The van der Waals surface area contributed by atoms with Gasteiger partial charge in [0, 0.05) is 30.2 Å². The molecular formula is C18H20ClN3O2. The monoisotopic (exact) mass is 345 g/mol. The predicted octanol–water partition coefficient (Wildman–Crippen LogP) is 2.88. The smallest absolute Gasteiger partial charge is 0.315 e. The van der Waals surface area contributed by atoms with Gasteiger partial charge in [-0.05, 0) is 36.8 Å². The van der Waals surface area contributed by atoms with Crippen molar-refractivity contribution in [1.82, 2.24) is 16.0 Å². The predicted molar refractivity (Wildman–Crippen MR) is 95.2 cm³/mol. The Kier molecular flexibility index (Phi) is 6.63. The maximum atomic E-state index is 11.9. The van der Waals surface area contributed by atoms with Crippen LogP contribution in [0.1, 0.15) is 21.5 Å². The first-order valence-corrected chi connectivity index (χ1v) is 8.03. The number of aryl methyl sites for hydroxylation is 1. The second-order valence-electron chi connectivity index (χ2n) is 5.36. The van der Waals surface area contributed by atoms with Crippen molar-refractivity contribution in [1.29, 1.82) is 0 Å². The van der Waals surface area contributed by atoms with E-state index in [9.17, 15) is 9.59 Å². The minimum absolute atomic E-state index is 0.154. The summed E-state index contributed by atoms with van der Waals surface area (Å²) < 4.78 is 0. The highest BCUT2D eigenvalue weighted by atomic mass is 35.5. The van der Waals surface area contributed by atoms with Crippen LogP contribution in [0.3, 0.4) is 0 Å². The van der Waals surface area contributed by atoms with Gasteiger partial charge in [-0.3, -0.25) is 4.79 Å². The summed E-state index contributed by atoms with van der Waals surface area (Å²) in [6.45, 7) is 3.10. The van der Waals surface area contributed by atoms with Crippen molar-refractivity contribution in [3.63, 3.8) is 0 Å². The van der Waals surface area contributed by atoms with E-state index in [1.54, 1.807) is 24.3 Å². The molecule has 0 saturated heterocycles. The molecule has 0 atom stereocenters. The molecule has 6 heteroatoms. The van der Waals surface area contributed by atoms with E-state index in [2.05, 4.69) is 16.0 Å². The fraction of sp³-hybridized carbons (Fsp3) is 0.222. The second-order valence-corrected chi connectivity index (χ2v) is 5.79. The summed E-state index contributed by atoms with van der Waals surface area (Å²) in [6.07, 6.45) is 0. The number of halogens is 1. The molecule has 0 aliphatic heterocycles. The summed E-state index contributed by atoms with van der Waals surface area (Å²) in [7, 11) is 0. The Morgan fingerprint density at radius 1 is 0.875 bits per heavy atom. The maximum absolute atomic E-state index is 11.9. The Bertz CT molecular complexity index is 684. The Balaban J connectivity index is 1.63. The van der Waals surface area contributed by atoms with E-state index in [4.69, 9.17) is 11.6 Å². The SMILES string of the molecule is Cc1ccc(C(=O)NCCNC(=O)NCc2ccc(Cl)cc2)cc1. The quantitative estimate of drug-likeness (QED) is 0.704. The standard InChI is InChI=1S/C18H20ClN3O2/c1-13-2-6-15(7-3-13)17(23)20-10-11-21-18(24)22-12-14-4-8-16(19)9-5-14/h2-9H,10-12H2,1H3,(H,20,23)(H2,21,22,24). The van der Waals surface area contributed by atoms with Gasteiger partial charge in [-0.25, -0.2) is 4.79 Å². The molecule has 2 aromatic rings. The van der Waals surface area contributed by atoms with Gasteiger partial charge < -0.3 is 16.0 Å². The summed E-state index contributed by atoms with van der Waals surface area (Å²) in [4.78, 5) is 23.6. The molecule has 0 aliphatic carbocycles. The third-order valence-electron chi connectivity index (χ3n) is 3.38. The van der Waals surface area contributed by atoms with Gasteiger partial charge in [-0.15, -0.1) is 0 Å². The molecule has 3 amide bonds. The number of carbonyl (C=O) groups is 2. The van der Waals surface area contributed by atoms with Crippen LogP contribution in [0, 0.1) is 6.92 Å². The number of benzene rings is 2. The molecular weight excluding hydrogens is 326 g/mol. The molecule has 0 heterocycles. The number of carbonyl (C=O) groups excluding carboxylic acids is 2. The topological polar surface area (TPSA) is 70.2 Å². The van der Waals surface area contributed by atoms with E-state index in [1.807, 2.05) is 31.2 Å². The maximum Gasteiger partial charge on any atom is 0.315 e. The van der Waals surface area contributed by atoms with E-state index in [-0.39, 0.29) is 11.9 Å². The zero-order chi connectivity index (χ0) is 17.4. The zero-order valence-corrected chi connectivity index (χ0v) is 14.2. The molecule has 0 aliphatic rings. The average Bonchev–Trinajstić information content (AvgIpc) is 2.58. The van der Waals surface area contributed by atoms with Crippen LogP contribution in [0.2, 0.25) is 5.02 Å². The zero-order valence-electron chi connectivity index (χ0n) is 13.4. The van der Waals surface area contributed by atoms with Crippen LogP contribution in [0.4, 0.5) is 4.79 Å². The molecule has 0 saturated carbocycles. The molecule has 0 unspecified atom stereocenters. The number of nitrogens with one attached hydrogen (secondary N) is 3. The second kappa shape index (κ2) is 8.93. The van der Waals surface area contributed by atoms with Crippen molar-refractivity contribution < 1.29 is 9.59 Å². The molecule has 126 valence electrons. The van der Waals surface area contributed by atoms with Gasteiger partial charge in [0.05, 0.1) is 0 Å². The van der Waals surface area contributed by atoms with Gasteiger partial charge in [-0.1, -0.05) is 41.4 Å². The molecule has 3 N–H and O–H groups in total. The highest BCUT2D eigenvalue weighted by Gasteiger charge is 2.04. The van der Waals surface area contributed by atoms with Crippen molar-refractivity contribution in [2.45, 2.75) is 13.5 Å². The fourth-order valence-corrected chi connectivity index (χ4v) is 2.13. The first-order valence-electron chi connectivity index (χ1n) is 7.65. The van der Waals surface area contributed by atoms with Crippen molar-refractivity contribution in [3.05, 3.63) is 70.2 Å². The van der Waals surface area contributed by atoms with E-state index in [1.165, 1.54) is 0 Å². The first-order chi connectivity index (χ1) is 11.5. The number of hydrogen-bond acceptors (Lipinski definition) is 2. The lowest BCUT2D eigenvalue weighted by molar-refractivity contribution is 0.0954. The number of rotatable bonds is 6. The number of hydrogen-bond donors (Lipinski definition) is 3. The number of amides is 3. The third kappa shape index (κ3) is 5.93. The first kappa shape index (κ1) is 17.8. The van der Waals surface area contributed by atoms with Crippen molar-refractivity contribution in [3.8, 4) is 0 Å². The molecule has 0 radical (unpaired) electrons. The van der Waals surface area contributed by atoms with Crippen molar-refractivity contribution in [2.24, 2.45) is 0 Å². The summed E-state index contributed by atoms with van der Waals surface area (Å²) >= 11 is 5.80. The lowest BCUT2D eigenvalue weighted by atomic mass is 10.1. The Morgan fingerprint density at radius 2 is 1.50 bits per heavy atom. The van der Waals surface area contributed by atoms with E-state index < -0.39 is 0 Å². The van der Waals surface area contributed by atoms with Crippen LogP contribution in [-0.4, -0.2) is 25.0 Å². The Hall–Kier alpha value is -2.53. The largest absolute Gasteiger partial charge is 0.350 e. The van der Waals surface area contributed by atoms with Crippen molar-refractivity contribution in [2.75, 3.05) is 13.1 Å². The minimum Gasteiger partial charge on any atom is -0.350 e. The van der Waals surface area contributed by atoms with E-state index >= 15 is 0 Å². The van der Waals surface area contributed by atoms with Gasteiger partial charge in [0.15, 0.2) is 0 Å². The van der Waals surface area contributed by atoms with Gasteiger partial charge in [0.2, 0.25) is 0 Å². The summed E-state index contributed by atoms with van der Waals surface area (Å²) in [6, 6.07) is 14.3. The van der Waals surface area contributed by atoms with Crippen molar-refractivity contribution >= 4 is 23.5 Å². The van der Waals surface area contributed by atoms with Gasteiger partial charge in [0.1, 0.15) is 0 Å². The highest BCUT2D eigenvalue weighted by Crippen LogP contribution is 2.09. The lowest BCUT2D eigenvalue weighted by Crippen LogP contribution is -2.40. The van der Waals surface area contributed by atoms with Gasteiger partial charge in [-0.2, -0.15) is 0 Å². The molecule has 0 fully saturated rings. The Morgan fingerprint density at radius 3 is 2.17 bits per heavy atom. The molecule has 2 rings (SSSR count). The molecule has 5 nitrogen and oxygen atoms in total. The van der Waals surface area contributed by atoms with Crippen LogP contribution in [0.25, 0.3) is 0 Å². The summed E-state index contributed by atoms with van der Waals surface area (Å²) in [5.74, 6) is -0.154. The van der Waals surface area contributed by atoms with E-state index in [0.29, 0.717) is 30.2 Å². The van der Waals surface area contributed by atoms with E-state index in [0.717, 1.165) is 11.1 Å². The Labute approximate surface area is 146 Å². The van der Waals surface area contributed by atoms with Crippen LogP contribution < -0.4 is 16.0 Å². The minimum atomic E-state index is -0.283. The average molecular weight is 346 g/mol. The van der Waals surface area contributed by atoms with Crippen LogP contribution in [0.5, 0.6) is 0 Å². The molecule has 0 bridgehead atoms.